The molecule has 1 saturated heterocycles. The van der Waals surface area contributed by atoms with Crippen molar-refractivity contribution in [2.75, 3.05) is 36.4 Å². The molecule has 0 saturated carbocycles. The van der Waals surface area contributed by atoms with Crippen molar-refractivity contribution in [2.24, 2.45) is 5.92 Å². The zero-order chi connectivity index (χ0) is 26.2. The quantitative estimate of drug-likeness (QED) is 0.416. The van der Waals surface area contributed by atoms with Crippen LogP contribution in [0, 0.1) is 17.6 Å². The van der Waals surface area contributed by atoms with E-state index in [4.69, 9.17) is 0 Å². The Morgan fingerprint density at radius 3 is 2.19 bits per heavy atom. The standard InChI is InChI=1S/C29H37F2N3O2/c1-5-20(6-2)28(35)32-24-12-13-26(25(31)19-24)34-16-14-21(15-17-34)27(29(36)33(7-3)8-4)22-10-9-11-23(30)18-22/h9-13,18-20H,5-8,14-17H2,1-4H3,(H,32,35). The summed E-state index contributed by atoms with van der Waals surface area (Å²) in [5, 5.41) is 2.82. The fourth-order valence-corrected chi connectivity index (χ4v) is 4.80. The van der Waals surface area contributed by atoms with Crippen LogP contribution in [0.4, 0.5) is 20.2 Å². The van der Waals surface area contributed by atoms with E-state index in [9.17, 15) is 14.0 Å². The van der Waals surface area contributed by atoms with E-state index >= 15 is 4.39 Å². The van der Waals surface area contributed by atoms with E-state index in [1.807, 2.05) is 32.6 Å². The second-order valence-corrected chi connectivity index (χ2v) is 9.12. The molecule has 5 nitrogen and oxygen atoms in total. The Morgan fingerprint density at radius 1 is 0.972 bits per heavy atom. The van der Waals surface area contributed by atoms with Crippen molar-refractivity contribution < 1.29 is 18.4 Å². The molecule has 0 spiro atoms. The zero-order valence-corrected chi connectivity index (χ0v) is 21.7. The number of likely N-dealkylation sites (N-methyl/N-ethyl adjacent to an activating group) is 1. The first-order valence-corrected chi connectivity index (χ1v) is 12.9. The summed E-state index contributed by atoms with van der Waals surface area (Å²) in [5.41, 5.74) is 3.01. The Labute approximate surface area is 213 Å². The molecule has 2 amide bonds. The van der Waals surface area contributed by atoms with Crippen LogP contribution < -0.4 is 10.2 Å². The molecule has 0 aliphatic carbocycles. The third kappa shape index (κ3) is 6.31. The number of benzene rings is 2. The monoisotopic (exact) mass is 497 g/mol. The molecule has 194 valence electrons. The molecule has 3 rings (SSSR count). The molecular weight excluding hydrogens is 460 g/mol. The third-order valence-corrected chi connectivity index (χ3v) is 7.01. The lowest BCUT2D eigenvalue weighted by molar-refractivity contribution is -0.124. The highest BCUT2D eigenvalue weighted by Crippen LogP contribution is 2.32. The minimum Gasteiger partial charge on any atom is -0.369 e. The highest BCUT2D eigenvalue weighted by Gasteiger charge is 2.26. The molecular formula is C29H37F2N3O2. The smallest absolute Gasteiger partial charge is 0.254 e. The number of hydrogen-bond acceptors (Lipinski definition) is 3. The maximum absolute atomic E-state index is 15.0. The summed E-state index contributed by atoms with van der Waals surface area (Å²) < 4.78 is 29.1. The van der Waals surface area contributed by atoms with E-state index in [1.54, 1.807) is 29.2 Å². The summed E-state index contributed by atoms with van der Waals surface area (Å²) in [7, 11) is 0. The van der Waals surface area contributed by atoms with Crippen molar-refractivity contribution in [3.63, 3.8) is 0 Å². The van der Waals surface area contributed by atoms with Gasteiger partial charge in [-0.05, 0) is 75.4 Å². The van der Waals surface area contributed by atoms with E-state index < -0.39 is 5.82 Å². The van der Waals surface area contributed by atoms with Crippen LogP contribution in [-0.4, -0.2) is 42.9 Å². The number of amides is 2. The lowest BCUT2D eigenvalue weighted by Crippen LogP contribution is -2.35. The van der Waals surface area contributed by atoms with Crippen molar-refractivity contribution >= 4 is 28.8 Å². The van der Waals surface area contributed by atoms with E-state index in [1.165, 1.54) is 18.2 Å². The van der Waals surface area contributed by atoms with Gasteiger partial charge in [-0.2, -0.15) is 0 Å². The fourth-order valence-electron chi connectivity index (χ4n) is 4.80. The fraction of sp³-hybridized carbons (Fsp3) is 0.448. The number of carbonyl (C=O) groups is 2. The number of hydrogen-bond donors (Lipinski definition) is 1. The molecule has 2 aromatic carbocycles. The van der Waals surface area contributed by atoms with Crippen LogP contribution in [0.2, 0.25) is 0 Å². The topological polar surface area (TPSA) is 52.7 Å². The number of nitrogens with zero attached hydrogens (tertiary/aromatic N) is 2. The second kappa shape index (κ2) is 12.7. The van der Waals surface area contributed by atoms with Gasteiger partial charge in [-0.3, -0.25) is 9.59 Å². The maximum atomic E-state index is 15.0. The summed E-state index contributed by atoms with van der Waals surface area (Å²) in [5.74, 6) is -1.06. The lowest BCUT2D eigenvalue weighted by Gasteiger charge is -2.33. The largest absolute Gasteiger partial charge is 0.369 e. The van der Waals surface area contributed by atoms with Crippen LogP contribution in [0.5, 0.6) is 0 Å². The number of nitrogens with one attached hydrogen (secondary N) is 1. The Morgan fingerprint density at radius 2 is 1.64 bits per heavy atom. The van der Waals surface area contributed by atoms with Crippen LogP contribution in [-0.2, 0) is 9.59 Å². The van der Waals surface area contributed by atoms with Gasteiger partial charge in [0.1, 0.15) is 11.6 Å². The highest BCUT2D eigenvalue weighted by atomic mass is 19.1. The Balaban J connectivity index is 1.81. The van der Waals surface area contributed by atoms with Crippen molar-refractivity contribution in [3.8, 4) is 0 Å². The summed E-state index contributed by atoms with van der Waals surface area (Å²) in [6.45, 7) is 10.00. The van der Waals surface area contributed by atoms with Crippen molar-refractivity contribution in [1.29, 1.82) is 0 Å². The van der Waals surface area contributed by atoms with Crippen molar-refractivity contribution in [1.82, 2.24) is 4.90 Å². The van der Waals surface area contributed by atoms with Crippen LogP contribution in [0.1, 0.15) is 58.9 Å². The lowest BCUT2D eigenvalue weighted by atomic mass is 9.91. The van der Waals surface area contributed by atoms with Crippen molar-refractivity contribution in [2.45, 2.75) is 53.4 Å². The number of rotatable bonds is 9. The molecule has 0 radical (unpaired) electrons. The van der Waals surface area contributed by atoms with E-state index in [0.717, 1.165) is 18.4 Å². The van der Waals surface area contributed by atoms with Gasteiger partial charge in [0.2, 0.25) is 5.91 Å². The Hall–Kier alpha value is -3.22. The molecule has 2 aromatic rings. The van der Waals surface area contributed by atoms with Gasteiger partial charge in [-0.15, -0.1) is 0 Å². The van der Waals surface area contributed by atoms with Gasteiger partial charge in [-0.25, -0.2) is 8.78 Å². The van der Waals surface area contributed by atoms with Gasteiger partial charge >= 0.3 is 0 Å². The molecule has 1 heterocycles. The molecule has 1 aliphatic heterocycles. The number of carbonyl (C=O) groups excluding carboxylic acids is 2. The van der Waals surface area contributed by atoms with Gasteiger partial charge in [0.15, 0.2) is 0 Å². The normalized spacial score (nSPS) is 13.6. The molecule has 36 heavy (non-hydrogen) atoms. The summed E-state index contributed by atoms with van der Waals surface area (Å²) in [6.07, 6.45) is 2.62. The molecule has 7 heteroatoms. The van der Waals surface area contributed by atoms with Crippen LogP contribution in [0.3, 0.4) is 0 Å². The molecule has 0 bridgehead atoms. The molecule has 1 fully saturated rings. The summed E-state index contributed by atoms with van der Waals surface area (Å²) in [4.78, 5) is 29.4. The molecule has 1 N–H and O–H groups in total. The zero-order valence-electron chi connectivity index (χ0n) is 21.7. The van der Waals surface area contributed by atoms with Gasteiger partial charge in [0.05, 0.1) is 5.69 Å². The average Bonchev–Trinajstić information content (AvgIpc) is 2.86. The predicted molar refractivity (Wildman–Crippen MR) is 142 cm³/mol. The first kappa shape index (κ1) is 27.4. The van der Waals surface area contributed by atoms with Gasteiger partial charge in [0, 0.05) is 43.4 Å². The van der Waals surface area contributed by atoms with E-state index in [0.29, 0.717) is 61.5 Å². The highest BCUT2D eigenvalue weighted by molar-refractivity contribution is 6.20. The summed E-state index contributed by atoms with van der Waals surface area (Å²) in [6, 6.07) is 11.0. The van der Waals surface area contributed by atoms with E-state index in [-0.39, 0.29) is 23.5 Å². The third-order valence-electron chi connectivity index (χ3n) is 7.01. The SMILES string of the molecule is CCC(CC)C(=O)Nc1ccc(N2CCC(=C(C(=O)N(CC)CC)c3cccc(F)c3)CC2)c(F)c1. The molecule has 0 atom stereocenters. The van der Waals surface area contributed by atoms with Crippen LogP contribution in [0.15, 0.2) is 48.0 Å². The van der Waals surface area contributed by atoms with Gasteiger partial charge < -0.3 is 15.1 Å². The molecule has 0 aromatic heterocycles. The predicted octanol–water partition coefficient (Wildman–Crippen LogP) is 6.26. The van der Waals surface area contributed by atoms with Crippen molar-refractivity contribution in [3.05, 3.63) is 65.2 Å². The minimum atomic E-state index is -0.394. The Bertz CT molecular complexity index is 1100. The second-order valence-electron chi connectivity index (χ2n) is 9.12. The Kier molecular flexibility index (Phi) is 9.62. The molecule has 1 aliphatic rings. The molecule has 0 unspecified atom stereocenters. The first-order chi connectivity index (χ1) is 17.3. The van der Waals surface area contributed by atoms with Gasteiger partial charge in [0.25, 0.3) is 5.91 Å². The number of anilines is 2. The van der Waals surface area contributed by atoms with Crippen LogP contribution >= 0.6 is 0 Å². The minimum absolute atomic E-state index is 0.0913. The van der Waals surface area contributed by atoms with Gasteiger partial charge in [-0.1, -0.05) is 31.6 Å². The number of piperidine rings is 1. The number of halogens is 2. The average molecular weight is 498 g/mol. The summed E-state index contributed by atoms with van der Waals surface area (Å²) >= 11 is 0. The maximum Gasteiger partial charge on any atom is 0.254 e. The van der Waals surface area contributed by atoms with Crippen LogP contribution in [0.25, 0.3) is 5.57 Å². The first-order valence-electron chi connectivity index (χ1n) is 12.9. The van der Waals surface area contributed by atoms with E-state index in [2.05, 4.69) is 5.32 Å².